The first-order chi connectivity index (χ1) is 18.3. The molecule has 5 aromatic carbocycles. The summed E-state index contributed by atoms with van der Waals surface area (Å²) in [5.74, 6) is 0. The maximum atomic E-state index is 8.33. The highest BCUT2D eigenvalue weighted by molar-refractivity contribution is 9.10. The molecule has 0 N–H and O–H groups in total. The third kappa shape index (κ3) is 3.84. The number of rotatable bonds is 4. The van der Waals surface area contributed by atoms with Gasteiger partial charge in [-0.3, -0.25) is 0 Å². The number of anilines is 3. The number of hydrogen-bond donors (Lipinski definition) is 0. The van der Waals surface area contributed by atoms with Crippen LogP contribution in [0.1, 0.15) is 6.85 Å². The Morgan fingerprint density at radius 2 is 1.33 bits per heavy atom. The second-order valence-corrected chi connectivity index (χ2v) is 9.64. The Kier molecular flexibility index (Phi) is 3.98. The molecule has 0 atom stereocenters. The summed E-state index contributed by atoms with van der Waals surface area (Å²) in [5, 5.41) is 2.43. The van der Waals surface area contributed by atoms with Crippen molar-refractivity contribution in [1.82, 2.24) is 0 Å². The highest BCUT2D eigenvalue weighted by Gasteiger charge is 2.14. The molecule has 1 heterocycles. The molecule has 33 heavy (non-hydrogen) atoms. The van der Waals surface area contributed by atoms with Gasteiger partial charge in [0.05, 0.1) is 6.85 Å². The molecule has 0 unspecified atom stereocenters. The van der Waals surface area contributed by atoms with Crippen LogP contribution in [-0.2, 0) is 0 Å². The van der Waals surface area contributed by atoms with Crippen LogP contribution in [0.5, 0.6) is 0 Å². The molecule has 6 rings (SSSR count). The van der Waals surface area contributed by atoms with Gasteiger partial charge in [0, 0.05) is 41.7 Å². The molecule has 0 bridgehead atoms. The van der Waals surface area contributed by atoms with Crippen molar-refractivity contribution in [2.24, 2.45) is 0 Å². The average molecular weight is 511 g/mol. The fourth-order valence-corrected chi connectivity index (χ4v) is 5.55. The lowest BCUT2D eigenvalue weighted by atomic mass is 10.0. The summed E-state index contributed by atoms with van der Waals surface area (Å²) in [7, 11) is 0. The zero-order valence-corrected chi connectivity index (χ0v) is 19.8. The Bertz CT molecular complexity index is 1810. The quantitative estimate of drug-likeness (QED) is 0.228. The Hall–Kier alpha value is -3.40. The van der Waals surface area contributed by atoms with E-state index >= 15 is 0 Å². The number of para-hydroxylation sites is 1. The second kappa shape index (κ2) is 8.51. The Labute approximate surface area is 212 Å². The van der Waals surface area contributed by atoms with Crippen LogP contribution in [0, 0.1) is 0 Å². The Balaban J connectivity index is 1.48. The maximum Gasteiger partial charge on any atom is 0.0629 e. The number of nitrogens with zero attached hydrogens (tertiary/aromatic N) is 1. The molecule has 6 aromatic rings. The third-order valence-corrected chi connectivity index (χ3v) is 7.23. The summed E-state index contributed by atoms with van der Waals surface area (Å²) in [5.41, 5.74) is 3.67. The van der Waals surface area contributed by atoms with Crippen molar-refractivity contribution in [3.05, 3.63) is 126 Å². The molecule has 3 heteroatoms. The first kappa shape index (κ1) is 15.4. The third-order valence-electron chi connectivity index (χ3n) is 5.60. The number of thiophene rings is 1. The molecule has 0 aliphatic carbocycles. The second-order valence-electron chi connectivity index (χ2n) is 7.64. The van der Waals surface area contributed by atoms with Crippen molar-refractivity contribution in [2.45, 2.75) is 0 Å². The average Bonchev–Trinajstić information content (AvgIpc) is 3.29. The van der Waals surface area contributed by atoms with E-state index in [2.05, 4.69) is 69.4 Å². The van der Waals surface area contributed by atoms with Crippen molar-refractivity contribution in [3.8, 4) is 11.1 Å². The highest BCUT2D eigenvalue weighted by atomic mass is 79.9. The van der Waals surface area contributed by atoms with Crippen LogP contribution in [0.4, 0.5) is 17.1 Å². The van der Waals surface area contributed by atoms with Gasteiger partial charge in [0.25, 0.3) is 0 Å². The Morgan fingerprint density at radius 1 is 0.606 bits per heavy atom. The predicted molar refractivity (Wildman–Crippen MR) is 147 cm³/mol. The standard InChI is InChI=1S/C30H20BrNS/c31-23-13-18-29-28(19-23)27-17-16-26(20-30(27)33-29)32(24-9-5-2-6-10-24)25-14-11-22(12-15-25)21-7-3-1-4-8-21/h1-20H/i1D,3D,4D,7D,8D. The van der Waals surface area contributed by atoms with Crippen molar-refractivity contribution < 1.29 is 6.85 Å². The molecule has 0 radical (unpaired) electrons. The van der Waals surface area contributed by atoms with Crippen LogP contribution in [0.2, 0.25) is 0 Å². The molecular formula is C30H20BrNS. The predicted octanol–water partition coefficient (Wildman–Crippen LogP) is 9.95. The van der Waals surface area contributed by atoms with Crippen LogP contribution in [0.3, 0.4) is 0 Å². The summed E-state index contributed by atoms with van der Waals surface area (Å²) in [6.07, 6.45) is 0. The first-order valence-corrected chi connectivity index (χ1v) is 12.1. The smallest absolute Gasteiger partial charge is 0.0629 e. The van der Waals surface area contributed by atoms with Crippen LogP contribution in [-0.4, -0.2) is 0 Å². The van der Waals surface area contributed by atoms with Crippen LogP contribution < -0.4 is 4.90 Å². The molecule has 0 aliphatic heterocycles. The van der Waals surface area contributed by atoms with Crippen LogP contribution in [0.15, 0.2) is 126 Å². The lowest BCUT2D eigenvalue weighted by Crippen LogP contribution is -2.09. The molecule has 1 nitrogen and oxygen atoms in total. The minimum atomic E-state index is -0.389. The van der Waals surface area contributed by atoms with E-state index in [0.717, 1.165) is 21.5 Å². The van der Waals surface area contributed by atoms with Gasteiger partial charge in [-0.15, -0.1) is 11.3 Å². The first-order valence-electron chi connectivity index (χ1n) is 13.0. The lowest BCUT2D eigenvalue weighted by Gasteiger charge is -2.25. The van der Waals surface area contributed by atoms with Gasteiger partial charge in [-0.1, -0.05) is 82.5 Å². The van der Waals surface area contributed by atoms with E-state index in [1.54, 1.807) is 11.3 Å². The maximum absolute atomic E-state index is 8.33. The number of benzene rings is 5. The van der Waals surface area contributed by atoms with Crippen molar-refractivity contribution in [1.29, 1.82) is 0 Å². The van der Waals surface area contributed by atoms with Gasteiger partial charge in [0.15, 0.2) is 0 Å². The van der Waals surface area contributed by atoms with E-state index in [4.69, 9.17) is 6.85 Å². The molecule has 0 fully saturated rings. The van der Waals surface area contributed by atoms with Crippen molar-refractivity contribution >= 4 is 64.5 Å². The van der Waals surface area contributed by atoms with Gasteiger partial charge < -0.3 is 4.90 Å². The van der Waals surface area contributed by atoms with Crippen molar-refractivity contribution in [2.75, 3.05) is 4.90 Å². The molecule has 0 aliphatic rings. The summed E-state index contributed by atoms with van der Waals surface area (Å²) < 4.78 is 44.1. The molecule has 158 valence electrons. The van der Waals surface area contributed by atoms with Gasteiger partial charge in [0.1, 0.15) is 0 Å². The Morgan fingerprint density at radius 3 is 2.12 bits per heavy atom. The minimum Gasteiger partial charge on any atom is -0.310 e. The summed E-state index contributed by atoms with van der Waals surface area (Å²) >= 11 is 5.35. The zero-order chi connectivity index (χ0) is 26.6. The molecule has 1 aromatic heterocycles. The van der Waals surface area contributed by atoms with Gasteiger partial charge in [-0.2, -0.15) is 0 Å². The van der Waals surface area contributed by atoms with Crippen LogP contribution in [0.25, 0.3) is 31.3 Å². The minimum absolute atomic E-state index is 0.201. The van der Waals surface area contributed by atoms with E-state index in [1.807, 2.05) is 42.5 Å². The number of halogens is 1. The summed E-state index contributed by atoms with van der Waals surface area (Å²) in [4.78, 5) is 2.16. The molecule has 0 saturated heterocycles. The number of hydrogen-bond acceptors (Lipinski definition) is 2. The molecular weight excluding hydrogens is 486 g/mol. The van der Waals surface area contributed by atoms with E-state index in [-0.39, 0.29) is 35.8 Å². The summed E-state index contributed by atoms with van der Waals surface area (Å²) in [6, 6.07) is 28.9. The SMILES string of the molecule is [2H]c1c([2H])c([2H])c(-c2ccc(N(c3ccccc3)c3ccc4c(c3)sc3ccc(Br)cc34)cc2)c([2H])c1[2H]. The van der Waals surface area contributed by atoms with E-state index in [9.17, 15) is 0 Å². The molecule has 0 amide bonds. The summed E-state index contributed by atoms with van der Waals surface area (Å²) in [6.45, 7) is 0. The highest BCUT2D eigenvalue weighted by Crippen LogP contribution is 2.41. The lowest BCUT2D eigenvalue weighted by molar-refractivity contribution is 1.29. The van der Waals surface area contributed by atoms with E-state index in [1.165, 1.54) is 20.2 Å². The monoisotopic (exact) mass is 510 g/mol. The van der Waals surface area contributed by atoms with Gasteiger partial charge in [0.2, 0.25) is 0 Å². The van der Waals surface area contributed by atoms with Gasteiger partial charge in [-0.05, 0) is 65.7 Å². The fraction of sp³-hybridized carbons (Fsp3) is 0. The van der Waals surface area contributed by atoms with E-state index < -0.39 is 0 Å². The normalized spacial score (nSPS) is 13.3. The van der Waals surface area contributed by atoms with Crippen LogP contribution >= 0.6 is 27.3 Å². The molecule has 0 spiro atoms. The largest absolute Gasteiger partial charge is 0.310 e. The molecule has 0 saturated carbocycles. The van der Waals surface area contributed by atoms with Gasteiger partial charge in [-0.25, -0.2) is 0 Å². The fourth-order valence-electron chi connectivity index (χ4n) is 4.07. The van der Waals surface area contributed by atoms with Crippen molar-refractivity contribution in [3.63, 3.8) is 0 Å². The zero-order valence-electron chi connectivity index (χ0n) is 22.4. The number of fused-ring (bicyclic) bond motifs is 3. The van der Waals surface area contributed by atoms with Gasteiger partial charge >= 0.3 is 0 Å². The topological polar surface area (TPSA) is 3.24 Å². The van der Waals surface area contributed by atoms with E-state index in [0.29, 0.717) is 5.56 Å².